The van der Waals surface area contributed by atoms with Crippen LogP contribution in [-0.2, 0) is 6.54 Å². The molecule has 1 saturated heterocycles. The van der Waals surface area contributed by atoms with E-state index in [-0.39, 0.29) is 11.5 Å². The first-order valence-electron chi connectivity index (χ1n) is 9.22. The monoisotopic (exact) mass is 337 g/mol. The highest BCUT2D eigenvalue weighted by Gasteiger charge is 2.39. The van der Waals surface area contributed by atoms with Crippen LogP contribution in [-0.4, -0.2) is 31.8 Å². The molecule has 2 bridgehead atoms. The minimum absolute atomic E-state index is 0.0196. The maximum atomic E-state index is 12.9. The molecule has 2 aliphatic rings. The normalized spacial score (nSPS) is 25.6. The van der Waals surface area contributed by atoms with Gasteiger partial charge in [-0.3, -0.25) is 4.79 Å². The van der Waals surface area contributed by atoms with Gasteiger partial charge in [-0.15, -0.1) is 5.10 Å². The summed E-state index contributed by atoms with van der Waals surface area (Å²) >= 11 is 0. The Morgan fingerprint density at radius 2 is 2.24 bits per heavy atom. The third-order valence-electron chi connectivity index (χ3n) is 5.99. The summed E-state index contributed by atoms with van der Waals surface area (Å²) in [6.07, 6.45) is 6.31. The lowest BCUT2D eigenvalue weighted by Crippen LogP contribution is -2.32. The van der Waals surface area contributed by atoms with Gasteiger partial charge in [0, 0.05) is 30.5 Å². The van der Waals surface area contributed by atoms with E-state index in [1.807, 2.05) is 12.1 Å². The van der Waals surface area contributed by atoms with Crippen molar-refractivity contribution in [3.63, 3.8) is 0 Å². The van der Waals surface area contributed by atoms with Crippen molar-refractivity contribution >= 4 is 16.7 Å². The lowest BCUT2D eigenvalue weighted by atomic mass is 9.95. The van der Waals surface area contributed by atoms with Crippen LogP contribution in [0.5, 0.6) is 0 Å². The summed E-state index contributed by atoms with van der Waals surface area (Å²) in [5, 5.41) is 9.04. The quantitative estimate of drug-likeness (QED) is 0.795. The molecule has 0 amide bonds. The van der Waals surface area contributed by atoms with Crippen LogP contribution in [0.3, 0.4) is 0 Å². The average Bonchev–Trinajstić information content (AvgIpc) is 3.30. The molecule has 1 N–H and O–H groups in total. The zero-order valence-corrected chi connectivity index (χ0v) is 14.6. The van der Waals surface area contributed by atoms with E-state index in [2.05, 4.69) is 40.0 Å². The number of piperidine rings is 1. The second-order valence-corrected chi connectivity index (χ2v) is 7.90. The lowest BCUT2D eigenvalue weighted by molar-refractivity contribution is 0.312. The second-order valence-electron chi connectivity index (χ2n) is 7.90. The molecule has 3 aromatic rings. The van der Waals surface area contributed by atoms with Gasteiger partial charge in [0.25, 0.3) is 5.56 Å². The van der Waals surface area contributed by atoms with Gasteiger partial charge in [0.2, 0.25) is 0 Å². The number of rotatable bonds is 3. The minimum Gasteiger partial charge on any atom is -0.331 e. The van der Waals surface area contributed by atoms with E-state index in [4.69, 9.17) is 0 Å². The smallest absolute Gasteiger partial charge is 0.277 e. The molecular weight excluding hydrogens is 314 g/mol. The van der Waals surface area contributed by atoms with Crippen molar-refractivity contribution in [2.75, 3.05) is 6.54 Å². The Labute approximate surface area is 145 Å². The molecular formula is C19H23N5O. The Morgan fingerprint density at radius 1 is 1.36 bits per heavy atom. The van der Waals surface area contributed by atoms with Gasteiger partial charge >= 0.3 is 0 Å². The number of nitrogens with zero attached hydrogens (tertiary/aromatic N) is 4. The predicted molar refractivity (Wildman–Crippen MR) is 96.8 cm³/mol. The van der Waals surface area contributed by atoms with Crippen LogP contribution in [0.1, 0.15) is 38.2 Å². The van der Waals surface area contributed by atoms with E-state index < -0.39 is 0 Å². The Kier molecular flexibility index (Phi) is 3.25. The minimum atomic E-state index is -0.0196. The highest BCUT2D eigenvalue weighted by molar-refractivity contribution is 5.89. The number of pyridine rings is 1. The van der Waals surface area contributed by atoms with Crippen molar-refractivity contribution in [1.29, 1.82) is 0 Å². The Balaban J connectivity index is 1.72. The first-order chi connectivity index (χ1) is 12.1. The molecule has 0 radical (unpaired) electrons. The van der Waals surface area contributed by atoms with Crippen LogP contribution in [0.2, 0.25) is 0 Å². The van der Waals surface area contributed by atoms with E-state index in [1.54, 1.807) is 10.7 Å². The predicted octanol–water partition coefficient (Wildman–Crippen LogP) is 2.17. The van der Waals surface area contributed by atoms with E-state index in [1.165, 1.54) is 12.8 Å². The zero-order chi connectivity index (χ0) is 17.1. The summed E-state index contributed by atoms with van der Waals surface area (Å²) in [5.74, 6) is 1.59. The number of nitrogens with one attached hydrogen (secondary N) is 1. The van der Waals surface area contributed by atoms with Crippen molar-refractivity contribution in [2.45, 2.75) is 45.2 Å². The lowest BCUT2D eigenvalue weighted by Gasteiger charge is -2.24. The maximum absolute atomic E-state index is 12.9. The molecule has 1 aliphatic carbocycles. The summed E-state index contributed by atoms with van der Waals surface area (Å²) in [6.45, 7) is 6.21. The fourth-order valence-corrected chi connectivity index (χ4v) is 4.69. The molecule has 3 aromatic heterocycles. The molecule has 2 fully saturated rings. The average molecular weight is 337 g/mol. The fraction of sp³-hybridized carbons (Fsp3) is 0.526. The van der Waals surface area contributed by atoms with E-state index in [0.29, 0.717) is 17.6 Å². The van der Waals surface area contributed by atoms with Crippen molar-refractivity contribution in [1.82, 2.24) is 24.5 Å². The van der Waals surface area contributed by atoms with Gasteiger partial charge in [-0.2, -0.15) is 4.52 Å². The second kappa shape index (κ2) is 5.39. The molecule has 5 rings (SSSR count). The summed E-state index contributed by atoms with van der Waals surface area (Å²) < 4.78 is 3.83. The van der Waals surface area contributed by atoms with E-state index in [0.717, 1.165) is 35.6 Å². The first-order valence-corrected chi connectivity index (χ1v) is 9.22. The maximum Gasteiger partial charge on any atom is 0.277 e. The molecule has 0 unspecified atom stereocenters. The molecule has 0 aromatic carbocycles. The number of hydrogen-bond donors (Lipinski definition) is 1. The summed E-state index contributed by atoms with van der Waals surface area (Å²) in [5.41, 5.74) is 2.33. The summed E-state index contributed by atoms with van der Waals surface area (Å²) in [4.78, 5) is 17.3. The molecule has 130 valence electrons. The van der Waals surface area contributed by atoms with Crippen LogP contribution < -0.4 is 10.9 Å². The van der Waals surface area contributed by atoms with Gasteiger partial charge in [0.05, 0.1) is 5.39 Å². The summed E-state index contributed by atoms with van der Waals surface area (Å²) in [7, 11) is 0. The molecule has 1 saturated carbocycles. The number of aromatic nitrogens is 4. The highest BCUT2D eigenvalue weighted by Crippen LogP contribution is 2.38. The van der Waals surface area contributed by atoms with Crippen LogP contribution in [0.25, 0.3) is 16.7 Å². The molecule has 6 heteroatoms. The highest BCUT2D eigenvalue weighted by atomic mass is 16.1. The molecule has 0 spiro atoms. The standard InChI is InChI=1S/C19H23N5O/c1-11(2)16-10-23(9-13-7-14-6-12(13)8-21-14)18-15-4-3-5-20-17(15)22-24(18)19(16)25/h3-5,10-14,21H,6-9H2,1-2H3/t12-,13-,14-/m1/s1. The van der Waals surface area contributed by atoms with Gasteiger partial charge in [-0.25, -0.2) is 4.98 Å². The van der Waals surface area contributed by atoms with Crippen LogP contribution in [0.4, 0.5) is 0 Å². The van der Waals surface area contributed by atoms with Gasteiger partial charge in [0.15, 0.2) is 5.65 Å². The van der Waals surface area contributed by atoms with Gasteiger partial charge < -0.3 is 9.88 Å². The third kappa shape index (κ3) is 2.24. The van der Waals surface area contributed by atoms with Gasteiger partial charge in [0.1, 0.15) is 5.65 Å². The van der Waals surface area contributed by atoms with Crippen LogP contribution >= 0.6 is 0 Å². The zero-order valence-electron chi connectivity index (χ0n) is 14.6. The molecule has 25 heavy (non-hydrogen) atoms. The topological polar surface area (TPSA) is 64.2 Å². The molecule has 6 nitrogen and oxygen atoms in total. The Morgan fingerprint density at radius 3 is 2.96 bits per heavy atom. The summed E-state index contributed by atoms with van der Waals surface area (Å²) in [6, 6.07) is 4.60. The fourth-order valence-electron chi connectivity index (χ4n) is 4.69. The number of hydrogen-bond acceptors (Lipinski definition) is 4. The van der Waals surface area contributed by atoms with Crippen molar-refractivity contribution in [3.05, 3.63) is 40.4 Å². The molecule has 1 aliphatic heterocycles. The third-order valence-corrected chi connectivity index (χ3v) is 5.99. The van der Waals surface area contributed by atoms with Crippen LogP contribution in [0, 0.1) is 11.8 Å². The van der Waals surface area contributed by atoms with Crippen LogP contribution in [0.15, 0.2) is 29.3 Å². The number of fused-ring (bicyclic) bond motifs is 5. The van der Waals surface area contributed by atoms with Crippen molar-refractivity contribution < 1.29 is 0 Å². The first kappa shape index (κ1) is 15.1. The van der Waals surface area contributed by atoms with Gasteiger partial charge in [-0.1, -0.05) is 13.8 Å². The SMILES string of the molecule is CC(C)c1cn(C[C@H]2C[C@H]3C[C@@H]2CN3)c2c3cccnc3nn2c1=O. The van der Waals surface area contributed by atoms with E-state index >= 15 is 0 Å². The van der Waals surface area contributed by atoms with Crippen molar-refractivity contribution in [3.8, 4) is 0 Å². The Hall–Kier alpha value is -2.21. The largest absolute Gasteiger partial charge is 0.331 e. The van der Waals surface area contributed by atoms with Gasteiger partial charge in [-0.05, 0) is 49.3 Å². The Bertz CT molecular complexity index is 1020. The molecule has 4 heterocycles. The van der Waals surface area contributed by atoms with E-state index in [9.17, 15) is 4.79 Å². The van der Waals surface area contributed by atoms with Crippen molar-refractivity contribution in [2.24, 2.45) is 11.8 Å². The molecule has 3 atom stereocenters.